The van der Waals surface area contributed by atoms with Crippen molar-refractivity contribution in [2.24, 2.45) is 5.14 Å². The molecular weight excluding hydrogens is 266 g/mol. The number of hydrogen-bond acceptors (Lipinski definition) is 4. The van der Waals surface area contributed by atoms with Crippen LogP contribution in [0.1, 0.15) is 0 Å². The maximum Gasteiger partial charge on any atom is 0.211 e. The summed E-state index contributed by atoms with van der Waals surface area (Å²) in [6.45, 7) is 0.639. The first-order chi connectivity index (χ1) is 7.99. The quantitative estimate of drug-likeness (QED) is 0.756. The van der Waals surface area contributed by atoms with E-state index in [0.717, 1.165) is 0 Å². The monoisotopic (exact) mass is 279 g/mol. The van der Waals surface area contributed by atoms with E-state index < -0.39 is 10.0 Å². The van der Waals surface area contributed by atoms with E-state index >= 15 is 0 Å². The fourth-order valence-corrected chi connectivity index (χ4v) is 1.59. The predicted octanol–water partition coefficient (Wildman–Crippen LogP) is 1.02. The molecule has 1 rings (SSSR count). The Labute approximate surface area is 106 Å². The highest BCUT2D eigenvalue weighted by atomic mass is 35.5. The lowest BCUT2D eigenvalue weighted by molar-refractivity contribution is 0.111. The second-order valence-electron chi connectivity index (χ2n) is 3.26. The Morgan fingerprint density at radius 1 is 1.18 bits per heavy atom. The number of halogens is 1. The zero-order chi connectivity index (χ0) is 12.7. The molecule has 0 aromatic heterocycles. The Morgan fingerprint density at radius 2 is 1.88 bits per heavy atom. The molecule has 7 heteroatoms. The van der Waals surface area contributed by atoms with Crippen LogP contribution >= 0.6 is 11.6 Å². The van der Waals surface area contributed by atoms with Crippen LogP contribution < -0.4 is 9.88 Å². The Morgan fingerprint density at radius 3 is 2.53 bits per heavy atom. The van der Waals surface area contributed by atoms with Crippen LogP contribution in [0.5, 0.6) is 5.75 Å². The fraction of sp³-hybridized carbons (Fsp3) is 0.400. The summed E-state index contributed by atoms with van der Waals surface area (Å²) in [5, 5.41) is 5.33. The lowest BCUT2D eigenvalue weighted by atomic mass is 10.3. The average molecular weight is 280 g/mol. The normalized spacial score (nSPS) is 11.4. The van der Waals surface area contributed by atoms with Gasteiger partial charge in [0.15, 0.2) is 0 Å². The summed E-state index contributed by atoms with van der Waals surface area (Å²) in [7, 11) is -3.46. The first-order valence-corrected chi connectivity index (χ1v) is 7.04. The second-order valence-corrected chi connectivity index (χ2v) is 5.40. The van der Waals surface area contributed by atoms with Crippen LogP contribution in [-0.4, -0.2) is 34.0 Å². The number of hydrogen-bond donors (Lipinski definition) is 1. The van der Waals surface area contributed by atoms with Crippen molar-refractivity contribution in [2.45, 2.75) is 0 Å². The highest BCUT2D eigenvalue weighted by molar-refractivity contribution is 7.89. The molecule has 0 fully saturated rings. The van der Waals surface area contributed by atoms with Crippen molar-refractivity contribution in [1.29, 1.82) is 0 Å². The van der Waals surface area contributed by atoms with Crippen molar-refractivity contribution in [1.82, 2.24) is 0 Å². The van der Waals surface area contributed by atoms with Crippen molar-refractivity contribution in [3.8, 4) is 5.75 Å². The molecule has 0 radical (unpaired) electrons. The standard InChI is InChI=1S/C10H14ClNO4S/c11-9-3-1-2-4-10(9)16-6-5-15-7-8-17(12,13)14/h1-4H,5-8H2,(H2,12,13,14). The molecule has 0 amide bonds. The summed E-state index contributed by atoms with van der Waals surface area (Å²) in [5.74, 6) is 0.378. The van der Waals surface area contributed by atoms with Crippen LogP contribution in [-0.2, 0) is 14.8 Å². The highest BCUT2D eigenvalue weighted by Gasteiger charge is 2.02. The van der Waals surface area contributed by atoms with Gasteiger partial charge in [-0.1, -0.05) is 23.7 Å². The minimum absolute atomic E-state index is 0.0602. The van der Waals surface area contributed by atoms with Crippen LogP contribution in [0.2, 0.25) is 5.02 Å². The number of sulfonamides is 1. The molecule has 0 aliphatic rings. The van der Waals surface area contributed by atoms with E-state index in [1.165, 1.54) is 0 Å². The third kappa shape index (κ3) is 6.48. The number of ether oxygens (including phenoxy) is 2. The number of para-hydroxylation sites is 1. The molecule has 0 aliphatic heterocycles. The molecule has 1 aromatic rings. The van der Waals surface area contributed by atoms with Gasteiger partial charge < -0.3 is 9.47 Å². The van der Waals surface area contributed by atoms with Gasteiger partial charge >= 0.3 is 0 Å². The van der Waals surface area contributed by atoms with E-state index in [0.29, 0.717) is 17.4 Å². The molecule has 0 spiro atoms. The third-order valence-electron chi connectivity index (χ3n) is 1.83. The van der Waals surface area contributed by atoms with E-state index in [2.05, 4.69) is 0 Å². The zero-order valence-electron chi connectivity index (χ0n) is 9.13. The fourth-order valence-electron chi connectivity index (χ4n) is 1.05. The van der Waals surface area contributed by atoms with E-state index in [-0.39, 0.29) is 19.0 Å². The van der Waals surface area contributed by atoms with Gasteiger partial charge in [0.25, 0.3) is 0 Å². The molecule has 1 aromatic carbocycles. The van der Waals surface area contributed by atoms with Crippen molar-refractivity contribution >= 4 is 21.6 Å². The summed E-state index contributed by atoms with van der Waals surface area (Å²) in [4.78, 5) is 0. The molecule has 5 nitrogen and oxygen atoms in total. The number of benzene rings is 1. The van der Waals surface area contributed by atoms with Gasteiger partial charge in [-0.2, -0.15) is 0 Å². The molecule has 17 heavy (non-hydrogen) atoms. The predicted molar refractivity (Wildman–Crippen MR) is 65.7 cm³/mol. The van der Waals surface area contributed by atoms with Gasteiger partial charge in [0.1, 0.15) is 12.4 Å². The Balaban J connectivity index is 2.15. The van der Waals surface area contributed by atoms with Gasteiger partial charge in [0, 0.05) is 0 Å². The van der Waals surface area contributed by atoms with Gasteiger partial charge in [-0.3, -0.25) is 0 Å². The van der Waals surface area contributed by atoms with Crippen LogP contribution in [0.15, 0.2) is 24.3 Å². The topological polar surface area (TPSA) is 78.6 Å². The molecule has 0 unspecified atom stereocenters. The van der Waals surface area contributed by atoms with E-state index in [9.17, 15) is 8.42 Å². The lowest BCUT2D eigenvalue weighted by Gasteiger charge is -2.07. The third-order valence-corrected chi connectivity index (χ3v) is 2.88. The molecule has 2 N–H and O–H groups in total. The summed E-state index contributed by atoms with van der Waals surface area (Å²) in [6.07, 6.45) is 0. The maximum absolute atomic E-state index is 10.6. The summed E-state index contributed by atoms with van der Waals surface area (Å²) in [6, 6.07) is 7.08. The molecular formula is C10H14ClNO4S. The minimum Gasteiger partial charge on any atom is -0.490 e. The largest absolute Gasteiger partial charge is 0.490 e. The maximum atomic E-state index is 10.6. The summed E-state index contributed by atoms with van der Waals surface area (Å²) < 4.78 is 31.5. The molecule has 0 bridgehead atoms. The van der Waals surface area contributed by atoms with Gasteiger partial charge in [0.2, 0.25) is 10.0 Å². The van der Waals surface area contributed by atoms with Crippen LogP contribution in [0.25, 0.3) is 0 Å². The molecule has 96 valence electrons. The molecule has 0 atom stereocenters. The number of primary sulfonamides is 1. The summed E-state index contributed by atoms with van der Waals surface area (Å²) in [5.41, 5.74) is 0. The number of nitrogens with two attached hydrogens (primary N) is 1. The molecule has 0 aliphatic carbocycles. The van der Waals surface area contributed by atoms with E-state index in [1.807, 2.05) is 6.07 Å². The van der Waals surface area contributed by atoms with Crippen LogP contribution in [0.3, 0.4) is 0 Å². The van der Waals surface area contributed by atoms with Crippen molar-refractivity contribution < 1.29 is 17.9 Å². The first kappa shape index (κ1) is 14.2. The lowest BCUT2D eigenvalue weighted by Crippen LogP contribution is -2.21. The Hall–Kier alpha value is -0.820. The summed E-state index contributed by atoms with van der Waals surface area (Å²) >= 11 is 5.86. The van der Waals surface area contributed by atoms with Gasteiger partial charge in [-0.15, -0.1) is 0 Å². The Bertz CT molecular complexity index is 449. The minimum atomic E-state index is -3.46. The van der Waals surface area contributed by atoms with E-state index in [1.54, 1.807) is 18.2 Å². The average Bonchev–Trinajstić information content (AvgIpc) is 2.24. The Kier molecular flexibility index (Phi) is 5.70. The van der Waals surface area contributed by atoms with Gasteiger partial charge in [0.05, 0.1) is 24.0 Å². The van der Waals surface area contributed by atoms with Gasteiger partial charge in [-0.25, -0.2) is 13.6 Å². The first-order valence-electron chi connectivity index (χ1n) is 4.94. The SMILES string of the molecule is NS(=O)(=O)CCOCCOc1ccccc1Cl. The van der Waals surface area contributed by atoms with Crippen LogP contribution in [0, 0.1) is 0 Å². The van der Waals surface area contributed by atoms with Crippen molar-refractivity contribution in [3.05, 3.63) is 29.3 Å². The molecule has 0 heterocycles. The second kappa shape index (κ2) is 6.80. The number of rotatable bonds is 7. The molecule has 0 saturated heterocycles. The molecule has 0 saturated carbocycles. The smallest absolute Gasteiger partial charge is 0.211 e. The van der Waals surface area contributed by atoms with E-state index in [4.69, 9.17) is 26.2 Å². The highest BCUT2D eigenvalue weighted by Crippen LogP contribution is 2.22. The zero-order valence-corrected chi connectivity index (χ0v) is 10.7. The van der Waals surface area contributed by atoms with Gasteiger partial charge in [-0.05, 0) is 12.1 Å². The van der Waals surface area contributed by atoms with Crippen molar-refractivity contribution in [2.75, 3.05) is 25.6 Å². The van der Waals surface area contributed by atoms with Crippen molar-refractivity contribution in [3.63, 3.8) is 0 Å². The van der Waals surface area contributed by atoms with Crippen LogP contribution in [0.4, 0.5) is 0 Å².